The topological polar surface area (TPSA) is 34.1 Å². The third-order valence-electron chi connectivity index (χ3n) is 2.73. The Labute approximate surface area is 82.9 Å². The highest BCUT2D eigenvalue weighted by Crippen LogP contribution is 2.29. The quantitative estimate of drug-likeness (QED) is 0.632. The van der Waals surface area contributed by atoms with E-state index in [1.807, 2.05) is 30.3 Å². The Morgan fingerprint density at radius 1 is 1.00 bits per heavy atom. The number of benzene rings is 1. The molecule has 1 aromatic rings. The summed E-state index contributed by atoms with van der Waals surface area (Å²) >= 11 is 0. The maximum absolute atomic E-state index is 11.2. The van der Waals surface area contributed by atoms with E-state index in [0.29, 0.717) is 12.8 Å². The normalized spacial score (nSPS) is 22.4. The van der Waals surface area contributed by atoms with Crippen LogP contribution in [-0.2, 0) is 9.59 Å². The van der Waals surface area contributed by atoms with Gasteiger partial charge in [0.1, 0.15) is 0 Å². The molecule has 1 unspecified atom stereocenters. The van der Waals surface area contributed by atoms with Crippen LogP contribution in [0.4, 0.5) is 0 Å². The molecular formula is C12H12O2. The van der Waals surface area contributed by atoms with E-state index in [2.05, 4.69) is 0 Å². The monoisotopic (exact) mass is 188 g/mol. The minimum atomic E-state index is -0.204. The van der Waals surface area contributed by atoms with Crippen molar-refractivity contribution in [2.75, 3.05) is 0 Å². The summed E-state index contributed by atoms with van der Waals surface area (Å²) in [6.07, 6.45) is 1.62. The van der Waals surface area contributed by atoms with Gasteiger partial charge in [-0.2, -0.15) is 0 Å². The fourth-order valence-electron chi connectivity index (χ4n) is 1.89. The minimum absolute atomic E-state index is 0.197. The first-order chi connectivity index (χ1) is 6.77. The Morgan fingerprint density at radius 2 is 1.71 bits per heavy atom. The molecular weight excluding hydrogens is 176 g/mol. The molecule has 0 N–H and O–H groups in total. The second kappa shape index (κ2) is 3.74. The van der Waals surface area contributed by atoms with E-state index in [1.54, 1.807) is 0 Å². The molecule has 1 aliphatic carbocycles. The molecule has 0 amide bonds. The van der Waals surface area contributed by atoms with Crippen LogP contribution < -0.4 is 0 Å². The molecule has 1 saturated carbocycles. The van der Waals surface area contributed by atoms with Crippen LogP contribution >= 0.6 is 0 Å². The van der Waals surface area contributed by atoms with Gasteiger partial charge in [0.15, 0.2) is 11.6 Å². The van der Waals surface area contributed by atoms with Gasteiger partial charge in [0, 0.05) is 12.8 Å². The molecule has 1 atom stereocenters. The molecule has 0 aromatic heterocycles. The third-order valence-corrected chi connectivity index (χ3v) is 2.73. The van der Waals surface area contributed by atoms with Crippen molar-refractivity contribution >= 4 is 11.6 Å². The summed E-state index contributed by atoms with van der Waals surface area (Å²) in [7, 11) is 0. The summed E-state index contributed by atoms with van der Waals surface area (Å²) in [6.45, 7) is 0. The van der Waals surface area contributed by atoms with E-state index in [4.69, 9.17) is 0 Å². The molecule has 2 nitrogen and oxygen atoms in total. The zero-order chi connectivity index (χ0) is 9.97. The van der Waals surface area contributed by atoms with Crippen molar-refractivity contribution in [1.29, 1.82) is 0 Å². The Balaban J connectivity index is 2.14. The van der Waals surface area contributed by atoms with Crippen LogP contribution in [0, 0.1) is 0 Å². The lowest BCUT2D eigenvalue weighted by molar-refractivity contribution is -0.138. The van der Waals surface area contributed by atoms with Crippen molar-refractivity contribution in [1.82, 2.24) is 0 Å². The van der Waals surface area contributed by atoms with Crippen molar-refractivity contribution in [3.8, 4) is 0 Å². The fourth-order valence-corrected chi connectivity index (χ4v) is 1.89. The zero-order valence-electron chi connectivity index (χ0n) is 7.90. The summed E-state index contributed by atoms with van der Waals surface area (Å²) in [5, 5.41) is 0. The van der Waals surface area contributed by atoms with Crippen LogP contribution in [0.3, 0.4) is 0 Å². The van der Waals surface area contributed by atoms with Crippen LogP contribution in [0.1, 0.15) is 30.7 Å². The molecule has 0 heterocycles. The minimum Gasteiger partial charge on any atom is -0.291 e. The maximum Gasteiger partial charge on any atom is 0.198 e. The molecule has 0 saturated heterocycles. The highest BCUT2D eigenvalue weighted by Gasteiger charge is 2.26. The Hall–Kier alpha value is -1.44. The molecule has 14 heavy (non-hydrogen) atoms. The zero-order valence-corrected chi connectivity index (χ0v) is 7.90. The average Bonchev–Trinajstić information content (AvgIpc) is 2.23. The lowest BCUT2D eigenvalue weighted by Gasteiger charge is -2.19. The van der Waals surface area contributed by atoms with Crippen molar-refractivity contribution < 1.29 is 9.59 Å². The first kappa shape index (κ1) is 9.13. The number of carbonyl (C=O) groups is 2. The summed E-state index contributed by atoms with van der Waals surface area (Å²) < 4.78 is 0. The van der Waals surface area contributed by atoms with Crippen molar-refractivity contribution in [3.05, 3.63) is 35.9 Å². The standard InChI is InChI=1S/C12H12O2/c13-11-7-6-10(8-12(11)14)9-4-2-1-3-5-9/h1-5,10H,6-8H2. The van der Waals surface area contributed by atoms with Gasteiger partial charge in [-0.25, -0.2) is 0 Å². The predicted octanol–water partition coefficient (Wildman–Crippen LogP) is 2.09. The second-order valence-electron chi connectivity index (χ2n) is 3.70. The summed E-state index contributed by atoms with van der Waals surface area (Å²) in [6, 6.07) is 9.94. The molecule has 2 rings (SSSR count). The molecule has 1 fully saturated rings. The number of hydrogen-bond donors (Lipinski definition) is 0. The lowest BCUT2D eigenvalue weighted by atomic mass is 9.83. The Kier molecular flexibility index (Phi) is 2.44. The number of Topliss-reactive ketones (excluding diaryl/α,β-unsaturated/α-hetero) is 2. The predicted molar refractivity (Wildman–Crippen MR) is 53.0 cm³/mol. The third kappa shape index (κ3) is 1.74. The molecule has 1 aromatic carbocycles. The number of hydrogen-bond acceptors (Lipinski definition) is 2. The van der Waals surface area contributed by atoms with E-state index in [-0.39, 0.29) is 17.5 Å². The van der Waals surface area contributed by atoms with Crippen LogP contribution in [0.5, 0.6) is 0 Å². The first-order valence-electron chi connectivity index (χ1n) is 4.88. The largest absolute Gasteiger partial charge is 0.291 e. The Bertz CT molecular complexity index is 354. The lowest BCUT2D eigenvalue weighted by Crippen LogP contribution is -2.23. The van der Waals surface area contributed by atoms with E-state index in [0.717, 1.165) is 6.42 Å². The Morgan fingerprint density at radius 3 is 2.36 bits per heavy atom. The van der Waals surface area contributed by atoms with Crippen LogP contribution in [-0.4, -0.2) is 11.6 Å². The summed E-state index contributed by atoms with van der Waals surface area (Å²) in [5.41, 5.74) is 1.17. The molecule has 0 bridgehead atoms. The number of ketones is 2. The summed E-state index contributed by atoms with van der Waals surface area (Å²) in [4.78, 5) is 22.2. The smallest absolute Gasteiger partial charge is 0.198 e. The number of carbonyl (C=O) groups excluding carboxylic acids is 2. The van der Waals surface area contributed by atoms with Gasteiger partial charge < -0.3 is 0 Å². The molecule has 72 valence electrons. The van der Waals surface area contributed by atoms with Gasteiger partial charge in [-0.05, 0) is 17.9 Å². The second-order valence-corrected chi connectivity index (χ2v) is 3.70. The van der Waals surface area contributed by atoms with Gasteiger partial charge in [-0.1, -0.05) is 30.3 Å². The molecule has 0 aliphatic heterocycles. The van der Waals surface area contributed by atoms with Gasteiger partial charge in [0.2, 0.25) is 0 Å². The van der Waals surface area contributed by atoms with E-state index >= 15 is 0 Å². The molecule has 2 heteroatoms. The van der Waals surface area contributed by atoms with Crippen LogP contribution in [0.2, 0.25) is 0 Å². The average molecular weight is 188 g/mol. The maximum atomic E-state index is 11.2. The molecule has 0 spiro atoms. The SMILES string of the molecule is O=C1CCC(c2ccccc2)CC1=O. The fraction of sp³-hybridized carbons (Fsp3) is 0.333. The first-order valence-corrected chi connectivity index (χ1v) is 4.88. The van der Waals surface area contributed by atoms with Gasteiger partial charge in [0.05, 0.1) is 0 Å². The molecule has 1 aliphatic rings. The van der Waals surface area contributed by atoms with Crippen molar-refractivity contribution in [2.24, 2.45) is 0 Å². The van der Waals surface area contributed by atoms with E-state index < -0.39 is 0 Å². The summed E-state index contributed by atoms with van der Waals surface area (Å²) in [5.74, 6) is -0.149. The van der Waals surface area contributed by atoms with Crippen LogP contribution in [0.25, 0.3) is 0 Å². The highest BCUT2D eigenvalue weighted by molar-refractivity contribution is 6.37. The molecule has 0 radical (unpaired) electrons. The number of rotatable bonds is 1. The van der Waals surface area contributed by atoms with Crippen LogP contribution in [0.15, 0.2) is 30.3 Å². The van der Waals surface area contributed by atoms with E-state index in [1.165, 1.54) is 5.56 Å². The van der Waals surface area contributed by atoms with E-state index in [9.17, 15) is 9.59 Å². The van der Waals surface area contributed by atoms with Gasteiger partial charge in [0.25, 0.3) is 0 Å². The highest BCUT2D eigenvalue weighted by atomic mass is 16.2. The van der Waals surface area contributed by atoms with Gasteiger partial charge in [-0.3, -0.25) is 9.59 Å². The van der Waals surface area contributed by atoms with Gasteiger partial charge >= 0.3 is 0 Å². The van der Waals surface area contributed by atoms with Crippen molar-refractivity contribution in [2.45, 2.75) is 25.2 Å². The van der Waals surface area contributed by atoms with Gasteiger partial charge in [-0.15, -0.1) is 0 Å². The van der Waals surface area contributed by atoms with Crippen molar-refractivity contribution in [3.63, 3.8) is 0 Å².